The van der Waals surface area contributed by atoms with E-state index in [1.807, 2.05) is 0 Å². The molecule has 11 heteroatoms. The fourth-order valence-electron chi connectivity index (χ4n) is 2.67. The van der Waals surface area contributed by atoms with E-state index < -0.39 is 58.7 Å². The van der Waals surface area contributed by atoms with Gasteiger partial charge in [-0.3, -0.25) is 19.2 Å². The van der Waals surface area contributed by atoms with Gasteiger partial charge in [0.1, 0.15) is 12.1 Å². The Labute approximate surface area is 141 Å². The number of hydrogen-bond donors (Lipinski definition) is 5. The Bertz CT molecular complexity index is 621. The number of nitrogens with one attached hydrogen (secondary N) is 1. The molecular weight excluding hydrogens is 345 g/mol. The Kier molecular flexibility index (Phi) is 5.52. The topological polar surface area (TPSA) is 170 Å². The number of carbonyl (C=O) groups is 4. The van der Waals surface area contributed by atoms with Crippen molar-refractivity contribution in [2.45, 2.75) is 63.2 Å². The maximum absolute atomic E-state index is 15.0. The number of Topliss-reactive ketones (excluding diaryl/α,β-unsaturated/α-hetero) is 3. The van der Waals surface area contributed by atoms with Gasteiger partial charge in [0.15, 0.2) is 23.5 Å². The zero-order valence-corrected chi connectivity index (χ0v) is 13.9. The molecule has 1 heterocycles. The van der Waals surface area contributed by atoms with Crippen LogP contribution in [0.5, 0.6) is 0 Å². The fraction of sp³-hybridized carbons (Fsp3) is 0.714. The molecule has 1 amide bonds. The van der Waals surface area contributed by atoms with Crippen LogP contribution in [0.3, 0.4) is 0 Å². The molecule has 1 aliphatic heterocycles. The number of carbonyl (C=O) groups excluding carboxylic acids is 4. The van der Waals surface area contributed by atoms with Crippen molar-refractivity contribution in [3.8, 4) is 0 Å². The molecule has 1 rings (SSSR count). The average Bonchev–Trinajstić information content (AvgIpc) is 2.46. The van der Waals surface area contributed by atoms with E-state index >= 15 is 4.39 Å². The van der Waals surface area contributed by atoms with Gasteiger partial charge in [0.2, 0.25) is 11.5 Å². The lowest BCUT2D eigenvalue weighted by Crippen LogP contribution is -2.84. The van der Waals surface area contributed by atoms with Gasteiger partial charge in [0.25, 0.3) is 11.6 Å². The summed E-state index contributed by atoms with van der Waals surface area (Å²) in [4.78, 5) is 46.5. The molecule has 0 radical (unpaired) electrons. The largest absolute Gasteiger partial charge is 0.382 e. The van der Waals surface area contributed by atoms with E-state index in [1.165, 1.54) is 0 Å². The minimum Gasteiger partial charge on any atom is -0.382 e. The van der Waals surface area contributed by atoms with Crippen molar-refractivity contribution >= 4 is 23.3 Å². The Morgan fingerprint density at radius 2 is 1.52 bits per heavy atom. The third-order valence-electron chi connectivity index (χ3n) is 4.12. The van der Waals surface area contributed by atoms with Gasteiger partial charge in [-0.2, -0.15) is 0 Å². The van der Waals surface area contributed by atoms with Crippen LogP contribution < -0.4 is 5.32 Å². The molecular formula is C14H20FNO9. The second-order valence-electron chi connectivity index (χ2n) is 5.98. The standard InChI is InChI=1S/C14H20FNO9/c1-5(17)9(21)10-14(15,24)12(22,6(2)18)11(16-8(4)20)13(23,25-10)7(3)19/h9-11,21-24H,1-4H3,(H,16,20)/t9?,10-,11-,12-,13?,14+/m1/s1. The van der Waals surface area contributed by atoms with E-state index in [0.717, 1.165) is 20.8 Å². The van der Waals surface area contributed by atoms with Crippen molar-refractivity contribution in [1.29, 1.82) is 0 Å². The number of alkyl halides is 1. The summed E-state index contributed by atoms with van der Waals surface area (Å²) in [5.41, 5.74) is -3.61. The molecule has 0 aromatic rings. The summed E-state index contributed by atoms with van der Waals surface area (Å²) < 4.78 is 19.7. The molecule has 1 aliphatic rings. The third-order valence-corrected chi connectivity index (χ3v) is 4.12. The lowest BCUT2D eigenvalue weighted by Gasteiger charge is -2.54. The number of aliphatic hydroxyl groups is 4. The first-order chi connectivity index (χ1) is 11.1. The maximum atomic E-state index is 15.0. The van der Waals surface area contributed by atoms with Crippen LogP contribution >= 0.6 is 0 Å². The van der Waals surface area contributed by atoms with E-state index in [9.17, 15) is 39.6 Å². The fourth-order valence-corrected chi connectivity index (χ4v) is 2.67. The molecule has 1 saturated heterocycles. The van der Waals surface area contributed by atoms with Gasteiger partial charge in [0, 0.05) is 13.8 Å². The first-order valence-corrected chi connectivity index (χ1v) is 7.15. The van der Waals surface area contributed by atoms with Gasteiger partial charge in [-0.05, 0) is 13.8 Å². The number of amides is 1. The smallest absolute Gasteiger partial charge is 0.274 e. The highest BCUT2D eigenvalue weighted by atomic mass is 19.2. The Hall–Kier alpha value is -1.79. The monoisotopic (exact) mass is 365 g/mol. The highest BCUT2D eigenvalue weighted by Gasteiger charge is 2.75. The van der Waals surface area contributed by atoms with Crippen LogP contribution in [-0.4, -0.2) is 79.2 Å². The molecule has 1 fully saturated rings. The van der Waals surface area contributed by atoms with Crippen molar-refractivity contribution in [1.82, 2.24) is 5.32 Å². The van der Waals surface area contributed by atoms with E-state index in [1.54, 1.807) is 5.32 Å². The number of ether oxygens (including phenoxy) is 1. The molecule has 0 aliphatic carbocycles. The lowest BCUT2D eigenvalue weighted by atomic mass is 9.71. The van der Waals surface area contributed by atoms with Gasteiger partial charge in [-0.1, -0.05) is 0 Å². The Balaban J connectivity index is 3.74. The van der Waals surface area contributed by atoms with Gasteiger partial charge in [-0.15, -0.1) is 0 Å². The molecule has 10 nitrogen and oxygen atoms in total. The first kappa shape index (κ1) is 21.3. The highest BCUT2D eigenvalue weighted by molar-refractivity contribution is 5.93. The van der Waals surface area contributed by atoms with Crippen molar-refractivity contribution in [3.05, 3.63) is 0 Å². The Morgan fingerprint density at radius 1 is 1.04 bits per heavy atom. The third kappa shape index (κ3) is 3.09. The summed E-state index contributed by atoms with van der Waals surface area (Å²) in [6, 6.07) is -2.46. The first-order valence-electron chi connectivity index (χ1n) is 7.15. The van der Waals surface area contributed by atoms with Crippen molar-refractivity contribution < 1.29 is 48.7 Å². The number of halogens is 1. The minimum absolute atomic E-state index is 0.614. The van der Waals surface area contributed by atoms with E-state index in [0.29, 0.717) is 6.92 Å². The van der Waals surface area contributed by atoms with Crippen LogP contribution in [0, 0.1) is 0 Å². The summed E-state index contributed by atoms with van der Waals surface area (Å²) in [6.07, 6.45) is -5.14. The lowest BCUT2D eigenvalue weighted by molar-refractivity contribution is -0.386. The predicted octanol–water partition coefficient (Wildman–Crippen LogP) is -2.90. The normalized spacial score (nSPS) is 39.4. The van der Waals surface area contributed by atoms with E-state index in [2.05, 4.69) is 0 Å². The van der Waals surface area contributed by atoms with E-state index in [-0.39, 0.29) is 0 Å². The van der Waals surface area contributed by atoms with Gasteiger partial charge < -0.3 is 30.5 Å². The Morgan fingerprint density at radius 3 is 1.84 bits per heavy atom. The summed E-state index contributed by atoms with van der Waals surface area (Å²) in [6.45, 7) is 3.00. The highest BCUT2D eigenvalue weighted by Crippen LogP contribution is 2.45. The van der Waals surface area contributed by atoms with Crippen LogP contribution in [0.2, 0.25) is 0 Å². The molecule has 0 aromatic carbocycles. The summed E-state index contributed by atoms with van der Waals surface area (Å²) >= 11 is 0. The minimum atomic E-state index is -4.14. The molecule has 0 saturated carbocycles. The van der Waals surface area contributed by atoms with Gasteiger partial charge in [-0.25, -0.2) is 4.39 Å². The van der Waals surface area contributed by atoms with Crippen LogP contribution in [0.1, 0.15) is 27.7 Å². The molecule has 0 bridgehead atoms. The summed E-state index contributed by atoms with van der Waals surface area (Å²) in [5.74, 6) is -12.3. The van der Waals surface area contributed by atoms with Crippen LogP contribution in [-0.2, 0) is 23.9 Å². The predicted molar refractivity (Wildman–Crippen MR) is 76.5 cm³/mol. The number of hydrogen-bond acceptors (Lipinski definition) is 9. The van der Waals surface area contributed by atoms with Crippen LogP contribution in [0.4, 0.5) is 4.39 Å². The maximum Gasteiger partial charge on any atom is 0.274 e. The number of ketones is 3. The summed E-state index contributed by atoms with van der Waals surface area (Å²) in [5, 5.41) is 42.7. The van der Waals surface area contributed by atoms with Crippen molar-refractivity contribution in [3.63, 3.8) is 0 Å². The second kappa shape index (κ2) is 6.50. The van der Waals surface area contributed by atoms with Crippen molar-refractivity contribution in [2.75, 3.05) is 0 Å². The van der Waals surface area contributed by atoms with Crippen LogP contribution in [0.15, 0.2) is 0 Å². The van der Waals surface area contributed by atoms with Crippen LogP contribution in [0.25, 0.3) is 0 Å². The molecule has 6 atom stereocenters. The number of rotatable bonds is 5. The summed E-state index contributed by atoms with van der Waals surface area (Å²) in [7, 11) is 0. The van der Waals surface area contributed by atoms with Gasteiger partial charge in [0.05, 0.1) is 0 Å². The quantitative estimate of drug-likeness (QED) is 0.343. The SMILES string of the molecule is CC(=O)N[C@H]1C(O)(C(C)=O)O[C@H](C(O)C(C)=O)[C@@](O)(F)[C@@]1(O)C(C)=O. The number of aliphatic hydroxyl groups excluding tert-OH is 1. The molecule has 5 N–H and O–H groups in total. The second-order valence-corrected chi connectivity index (χ2v) is 5.98. The molecule has 0 aromatic heterocycles. The zero-order chi connectivity index (χ0) is 20.0. The zero-order valence-electron chi connectivity index (χ0n) is 13.9. The molecule has 0 spiro atoms. The average molecular weight is 365 g/mol. The molecule has 142 valence electrons. The van der Waals surface area contributed by atoms with Gasteiger partial charge >= 0.3 is 0 Å². The molecule has 2 unspecified atom stereocenters. The van der Waals surface area contributed by atoms with E-state index in [4.69, 9.17) is 4.74 Å². The van der Waals surface area contributed by atoms with Crippen molar-refractivity contribution in [2.24, 2.45) is 0 Å². The molecule has 25 heavy (non-hydrogen) atoms.